The number of ether oxygens (including phenoxy) is 2. The molecule has 0 fully saturated rings. The van der Waals surface area contributed by atoms with Crippen LogP contribution in [0.1, 0.15) is 5.56 Å². The minimum absolute atomic E-state index is 0.565. The summed E-state index contributed by atoms with van der Waals surface area (Å²) >= 11 is 12.1. The number of methoxy groups -OCH3 is 2. The summed E-state index contributed by atoms with van der Waals surface area (Å²) < 4.78 is 10.4. The summed E-state index contributed by atoms with van der Waals surface area (Å²) in [6.07, 6.45) is 0. The molecule has 0 saturated heterocycles. The molecule has 0 aromatic heterocycles. The molecule has 0 bridgehead atoms. The normalized spacial score (nSPS) is 10.2. The average molecular weight is 312 g/mol. The molecule has 5 heteroatoms. The van der Waals surface area contributed by atoms with E-state index in [9.17, 15) is 0 Å². The van der Waals surface area contributed by atoms with Gasteiger partial charge in [-0.1, -0.05) is 23.2 Å². The van der Waals surface area contributed by atoms with Crippen LogP contribution in [0.2, 0.25) is 10.0 Å². The fourth-order valence-electron chi connectivity index (χ4n) is 1.86. The van der Waals surface area contributed by atoms with Crippen LogP contribution in [0.4, 0.5) is 5.69 Å². The van der Waals surface area contributed by atoms with E-state index in [-0.39, 0.29) is 0 Å². The Hall–Kier alpha value is -1.58. The lowest BCUT2D eigenvalue weighted by atomic mass is 10.2. The Kier molecular flexibility index (Phi) is 4.99. The Morgan fingerprint density at radius 2 is 1.65 bits per heavy atom. The van der Waals surface area contributed by atoms with Crippen molar-refractivity contribution in [1.82, 2.24) is 0 Å². The predicted octanol–water partition coefficient (Wildman–Crippen LogP) is 4.62. The first-order valence-electron chi connectivity index (χ1n) is 6.04. The van der Waals surface area contributed by atoms with Crippen molar-refractivity contribution in [1.29, 1.82) is 0 Å². The number of benzene rings is 2. The van der Waals surface area contributed by atoms with Crippen LogP contribution in [0.3, 0.4) is 0 Å². The van der Waals surface area contributed by atoms with E-state index < -0.39 is 0 Å². The SMILES string of the molecule is COc1ccc(NCc2cc(Cl)ccc2OC)cc1Cl. The van der Waals surface area contributed by atoms with E-state index in [2.05, 4.69) is 5.32 Å². The molecule has 0 aliphatic rings. The summed E-state index contributed by atoms with van der Waals surface area (Å²) in [5.74, 6) is 1.44. The molecule has 2 rings (SSSR count). The molecule has 0 aliphatic heterocycles. The molecule has 2 aromatic carbocycles. The van der Waals surface area contributed by atoms with Crippen molar-refractivity contribution in [3.8, 4) is 11.5 Å². The highest BCUT2D eigenvalue weighted by Crippen LogP contribution is 2.28. The van der Waals surface area contributed by atoms with Gasteiger partial charge in [-0.3, -0.25) is 0 Å². The van der Waals surface area contributed by atoms with Crippen LogP contribution in [0.5, 0.6) is 11.5 Å². The monoisotopic (exact) mass is 311 g/mol. The van der Waals surface area contributed by atoms with Gasteiger partial charge in [0.05, 0.1) is 19.2 Å². The Bertz CT molecular complexity index is 602. The third-order valence-electron chi connectivity index (χ3n) is 2.88. The highest BCUT2D eigenvalue weighted by Gasteiger charge is 2.05. The van der Waals surface area contributed by atoms with Gasteiger partial charge in [0.25, 0.3) is 0 Å². The minimum Gasteiger partial charge on any atom is -0.496 e. The van der Waals surface area contributed by atoms with Gasteiger partial charge in [-0.2, -0.15) is 0 Å². The van der Waals surface area contributed by atoms with Crippen molar-refractivity contribution in [2.45, 2.75) is 6.54 Å². The van der Waals surface area contributed by atoms with Gasteiger partial charge in [0, 0.05) is 22.8 Å². The predicted molar refractivity (Wildman–Crippen MR) is 83.3 cm³/mol. The fraction of sp³-hybridized carbons (Fsp3) is 0.200. The van der Waals surface area contributed by atoms with Crippen molar-refractivity contribution >= 4 is 28.9 Å². The Morgan fingerprint density at radius 3 is 2.30 bits per heavy atom. The van der Waals surface area contributed by atoms with Gasteiger partial charge in [-0.05, 0) is 36.4 Å². The number of anilines is 1. The van der Waals surface area contributed by atoms with E-state index in [1.165, 1.54) is 0 Å². The average Bonchev–Trinajstić information content (AvgIpc) is 2.45. The van der Waals surface area contributed by atoms with Crippen LogP contribution in [0.25, 0.3) is 0 Å². The molecule has 3 nitrogen and oxygen atoms in total. The zero-order chi connectivity index (χ0) is 14.5. The summed E-state index contributed by atoms with van der Waals surface area (Å²) in [7, 11) is 3.22. The number of rotatable bonds is 5. The molecule has 0 heterocycles. The molecule has 0 radical (unpaired) electrons. The summed E-state index contributed by atoms with van der Waals surface area (Å²) in [5.41, 5.74) is 1.88. The molecule has 2 aromatic rings. The van der Waals surface area contributed by atoms with Crippen molar-refractivity contribution in [2.24, 2.45) is 0 Å². The maximum atomic E-state index is 6.08. The molecule has 0 spiro atoms. The summed E-state index contributed by atoms with van der Waals surface area (Å²) in [6.45, 7) is 0.590. The third kappa shape index (κ3) is 3.50. The van der Waals surface area contributed by atoms with E-state index in [4.69, 9.17) is 32.7 Å². The highest BCUT2D eigenvalue weighted by atomic mass is 35.5. The summed E-state index contributed by atoms with van der Waals surface area (Å²) in [4.78, 5) is 0. The molecular formula is C15H15Cl2NO2. The van der Waals surface area contributed by atoms with E-state index in [1.54, 1.807) is 20.3 Å². The van der Waals surface area contributed by atoms with E-state index >= 15 is 0 Å². The van der Waals surface area contributed by atoms with Crippen molar-refractivity contribution in [2.75, 3.05) is 19.5 Å². The van der Waals surface area contributed by atoms with Crippen molar-refractivity contribution in [3.63, 3.8) is 0 Å². The van der Waals surface area contributed by atoms with Crippen molar-refractivity contribution < 1.29 is 9.47 Å². The lowest BCUT2D eigenvalue weighted by Gasteiger charge is -2.12. The first kappa shape index (κ1) is 14.8. The molecule has 0 saturated carbocycles. The maximum absolute atomic E-state index is 6.08. The van der Waals surface area contributed by atoms with Crippen LogP contribution in [-0.4, -0.2) is 14.2 Å². The molecule has 1 N–H and O–H groups in total. The largest absolute Gasteiger partial charge is 0.496 e. The van der Waals surface area contributed by atoms with Gasteiger partial charge in [0.15, 0.2) is 0 Å². The second-order valence-corrected chi connectivity index (χ2v) is 5.00. The van der Waals surface area contributed by atoms with Gasteiger partial charge in [-0.25, -0.2) is 0 Å². The van der Waals surface area contributed by atoms with E-state index in [1.807, 2.05) is 30.3 Å². The minimum atomic E-state index is 0.565. The summed E-state index contributed by atoms with van der Waals surface area (Å²) in [5, 5.41) is 4.52. The maximum Gasteiger partial charge on any atom is 0.137 e. The van der Waals surface area contributed by atoms with Crippen LogP contribution in [0, 0.1) is 0 Å². The molecule has 20 heavy (non-hydrogen) atoms. The number of hydrogen-bond acceptors (Lipinski definition) is 3. The lowest BCUT2D eigenvalue weighted by Crippen LogP contribution is -2.02. The molecule has 0 atom stereocenters. The van der Waals surface area contributed by atoms with Crippen molar-refractivity contribution in [3.05, 3.63) is 52.0 Å². The zero-order valence-corrected chi connectivity index (χ0v) is 12.8. The smallest absolute Gasteiger partial charge is 0.137 e. The Morgan fingerprint density at radius 1 is 0.950 bits per heavy atom. The van der Waals surface area contributed by atoms with Gasteiger partial charge < -0.3 is 14.8 Å². The topological polar surface area (TPSA) is 30.5 Å². The Balaban J connectivity index is 2.12. The van der Waals surface area contributed by atoms with Crippen LogP contribution in [-0.2, 0) is 6.54 Å². The first-order valence-corrected chi connectivity index (χ1v) is 6.79. The molecular weight excluding hydrogens is 297 g/mol. The molecule has 0 unspecified atom stereocenters. The van der Waals surface area contributed by atoms with Gasteiger partial charge in [0.1, 0.15) is 11.5 Å². The number of hydrogen-bond donors (Lipinski definition) is 1. The van der Waals surface area contributed by atoms with Crippen LogP contribution in [0.15, 0.2) is 36.4 Å². The first-order chi connectivity index (χ1) is 9.63. The van der Waals surface area contributed by atoms with Gasteiger partial charge in [0.2, 0.25) is 0 Å². The molecule has 0 aliphatic carbocycles. The Labute approximate surface area is 128 Å². The van der Waals surface area contributed by atoms with E-state index in [0.29, 0.717) is 22.3 Å². The lowest BCUT2D eigenvalue weighted by molar-refractivity contribution is 0.410. The molecule has 0 amide bonds. The quantitative estimate of drug-likeness (QED) is 0.873. The third-order valence-corrected chi connectivity index (χ3v) is 3.41. The second-order valence-electron chi connectivity index (χ2n) is 4.16. The summed E-state index contributed by atoms with van der Waals surface area (Å²) in [6, 6.07) is 11.1. The second kappa shape index (κ2) is 6.73. The zero-order valence-electron chi connectivity index (χ0n) is 11.2. The van der Waals surface area contributed by atoms with E-state index in [0.717, 1.165) is 17.0 Å². The standard InChI is InChI=1S/C15H15Cl2NO2/c1-19-14-5-3-11(16)7-10(14)9-18-12-4-6-15(20-2)13(17)8-12/h3-8,18H,9H2,1-2H3. The highest BCUT2D eigenvalue weighted by molar-refractivity contribution is 6.32. The van der Waals surface area contributed by atoms with Gasteiger partial charge >= 0.3 is 0 Å². The van der Waals surface area contributed by atoms with Crippen LogP contribution >= 0.6 is 23.2 Å². The molecule has 106 valence electrons. The number of halogens is 2. The van der Waals surface area contributed by atoms with Gasteiger partial charge in [-0.15, -0.1) is 0 Å². The van der Waals surface area contributed by atoms with Crippen LogP contribution < -0.4 is 14.8 Å². The number of nitrogens with one attached hydrogen (secondary N) is 1. The fourth-order valence-corrected chi connectivity index (χ4v) is 2.31.